The van der Waals surface area contributed by atoms with Crippen LogP contribution in [0.2, 0.25) is 0 Å². The van der Waals surface area contributed by atoms with Gasteiger partial charge < -0.3 is 19.3 Å². The molecule has 308 valence electrons. The topological polar surface area (TPSA) is 65.0 Å². The molecule has 0 saturated carbocycles. The Morgan fingerprint density at radius 1 is 0.407 bits per heavy atom. The summed E-state index contributed by atoms with van der Waals surface area (Å²) < 4.78 is 18.4. The number of hydrogen-bond donors (Lipinski definition) is 1. The molecule has 0 fully saturated rings. The zero-order valence-corrected chi connectivity index (χ0v) is 35.4. The third kappa shape index (κ3) is 23.3. The SMILES string of the molecule is CCCCCCCCCCCCOc1ccc(C(=O)c2ccc(OCCCCCCCCCCCC)cc2OCCCCCCCCCCCC)c(O)c1. The fraction of sp³-hybridized carbons (Fsp3) is 0.735. The van der Waals surface area contributed by atoms with Gasteiger partial charge in [0.15, 0.2) is 5.78 Å². The molecule has 0 radical (unpaired) electrons. The van der Waals surface area contributed by atoms with Crippen molar-refractivity contribution in [2.45, 2.75) is 213 Å². The van der Waals surface area contributed by atoms with Crippen LogP contribution in [0, 0.1) is 0 Å². The number of unbranched alkanes of at least 4 members (excludes halogenated alkanes) is 27. The molecule has 0 aromatic heterocycles. The quantitative estimate of drug-likeness (QED) is 0.0547. The maximum atomic E-state index is 13.8. The van der Waals surface area contributed by atoms with E-state index in [4.69, 9.17) is 14.2 Å². The number of rotatable bonds is 38. The van der Waals surface area contributed by atoms with Crippen LogP contribution in [0.3, 0.4) is 0 Å². The van der Waals surface area contributed by atoms with E-state index in [1.807, 2.05) is 12.1 Å². The van der Waals surface area contributed by atoms with Gasteiger partial charge in [0, 0.05) is 12.1 Å². The maximum Gasteiger partial charge on any atom is 0.200 e. The van der Waals surface area contributed by atoms with E-state index in [2.05, 4.69) is 20.8 Å². The lowest BCUT2D eigenvalue weighted by Gasteiger charge is -2.15. The molecule has 0 aliphatic carbocycles. The Morgan fingerprint density at radius 2 is 0.722 bits per heavy atom. The van der Waals surface area contributed by atoms with Crippen molar-refractivity contribution in [3.63, 3.8) is 0 Å². The van der Waals surface area contributed by atoms with Crippen molar-refractivity contribution in [1.82, 2.24) is 0 Å². The van der Waals surface area contributed by atoms with Gasteiger partial charge in [0.1, 0.15) is 23.0 Å². The van der Waals surface area contributed by atoms with E-state index in [-0.39, 0.29) is 17.1 Å². The summed E-state index contributed by atoms with van der Waals surface area (Å²) in [7, 11) is 0. The van der Waals surface area contributed by atoms with Crippen LogP contribution in [0.15, 0.2) is 36.4 Å². The van der Waals surface area contributed by atoms with E-state index in [9.17, 15) is 9.90 Å². The molecule has 0 saturated heterocycles. The molecule has 0 atom stereocenters. The van der Waals surface area contributed by atoms with Crippen molar-refractivity contribution < 1.29 is 24.1 Å². The van der Waals surface area contributed by atoms with E-state index in [1.165, 1.54) is 161 Å². The molecule has 2 aromatic rings. The summed E-state index contributed by atoms with van der Waals surface area (Å²) in [5.41, 5.74) is 0.701. The molecule has 5 nitrogen and oxygen atoms in total. The molecule has 1 N–H and O–H groups in total. The van der Waals surface area contributed by atoms with Crippen LogP contribution >= 0.6 is 0 Å². The number of hydrogen-bond acceptors (Lipinski definition) is 5. The van der Waals surface area contributed by atoms with Crippen LogP contribution in [0.25, 0.3) is 0 Å². The normalized spacial score (nSPS) is 11.2. The van der Waals surface area contributed by atoms with E-state index in [0.717, 1.165) is 37.9 Å². The molecule has 0 aliphatic heterocycles. The number of aromatic hydroxyl groups is 1. The number of phenols is 1. The van der Waals surface area contributed by atoms with Crippen molar-refractivity contribution in [3.8, 4) is 23.0 Å². The highest BCUT2D eigenvalue weighted by Gasteiger charge is 2.20. The number of ether oxygens (including phenoxy) is 3. The van der Waals surface area contributed by atoms with E-state index < -0.39 is 0 Å². The van der Waals surface area contributed by atoms with Gasteiger partial charge >= 0.3 is 0 Å². The minimum absolute atomic E-state index is 0.0671. The Labute approximate surface area is 332 Å². The first kappa shape index (κ1) is 47.5. The second-order valence-electron chi connectivity index (χ2n) is 15.8. The van der Waals surface area contributed by atoms with E-state index in [0.29, 0.717) is 36.9 Å². The number of carbonyl (C=O) groups is 1. The number of ketones is 1. The van der Waals surface area contributed by atoms with E-state index in [1.54, 1.807) is 24.3 Å². The molecular weight excluding hydrogens is 669 g/mol. The smallest absolute Gasteiger partial charge is 0.200 e. The van der Waals surface area contributed by atoms with Crippen LogP contribution in [-0.2, 0) is 0 Å². The summed E-state index contributed by atoms with van der Waals surface area (Å²) >= 11 is 0. The van der Waals surface area contributed by atoms with Crippen LogP contribution in [-0.4, -0.2) is 30.7 Å². The standard InChI is InChI=1S/C49H82O5/c1-4-7-10-13-16-19-22-25-28-31-38-52-43-34-36-45(47(50)41-43)49(51)46-37-35-44(53-39-32-29-26-23-20-17-14-11-8-5-2)42-48(46)54-40-33-30-27-24-21-18-15-12-9-6-3/h34-37,41-42,50H,4-33,38-40H2,1-3H3. The van der Waals surface area contributed by atoms with Crippen LogP contribution in [0.4, 0.5) is 0 Å². The van der Waals surface area contributed by atoms with Gasteiger partial charge in [-0.1, -0.05) is 194 Å². The van der Waals surface area contributed by atoms with Gasteiger partial charge in [-0.15, -0.1) is 0 Å². The first-order valence-corrected chi connectivity index (χ1v) is 23.0. The Bertz CT molecular complexity index is 1180. The first-order valence-electron chi connectivity index (χ1n) is 23.0. The molecule has 54 heavy (non-hydrogen) atoms. The fourth-order valence-electron chi connectivity index (χ4n) is 7.17. The van der Waals surface area contributed by atoms with Crippen molar-refractivity contribution in [1.29, 1.82) is 0 Å². The van der Waals surface area contributed by atoms with Crippen LogP contribution in [0.5, 0.6) is 23.0 Å². The molecule has 2 rings (SSSR count). The second-order valence-corrected chi connectivity index (χ2v) is 15.8. The first-order chi connectivity index (χ1) is 26.6. The zero-order valence-electron chi connectivity index (χ0n) is 35.4. The fourth-order valence-corrected chi connectivity index (χ4v) is 7.17. The average molecular weight is 751 g/mol. The minimum atomic E-state index is -0.256. The lowest BCUT2D eigenvalue weighted by molar-refractivity contribution is 0.103. The Morgan fingerprint density at radius 3 is 1.09 bits per heavy atom. The summed E-state index contributed by atoms with van der Waals surface area (Å²) in [5, 5.41) is 10.9. The lowest BCUT2D eigenvalue weighted by atomic mass is 10.0. The minimum Gasteiger partial charge on any atom is -0.507 e. The third-order valence-electron chi connectivity index (χ3n) is 10.7. The van der Waals surface area contributed by atoms with Gasteiger partial charge in [0.05, 0.1) is 30.9 Å². The highest BCUT2D eigenvalue weighted by atomic mass is 16.5. The van der Waals surface area contributed by atoms with Crippen molar-refractivity contribution in [3.05, 3.63) is 47.5 Å². The highest BCUT2D eigenvalue weighted by Crippen LogP contribution is 2.32. The Balaban J connectivity index is 1.86. The van der Waals surface area contributed by atoms with Gasteiger partial charge in [-0.2, -0.15) is 0 Å². The number of carbonyl (C=O) groups excluding carboxylic acids is 1. The van der Waals surface area contributed by atoms with Gasteiger partial charge in [-0.05, 0) is 43.5 Å². The number of benzene rings is 2. The predicted octanol–water partition coefficient (Wildman–Crippen LogP) is 15.5. The van der Waals surface area contributed by atoms with Crippen molar-refractivity contribution in [2.24, 2.45) is 0 Å². The summed E-state index contributed by atoms with van der Waals surface area (Å²) in [6.07, 6.45) is 38.2. The lowest BCUT2D eigenvalue weighted by Crippen LogP contribution is -2.08. The summed E-state index contributed by atoms with van der Waals surface area (Å²) in [4.78, 5) is 13.8. The number of phenolic OH excluding ortho intramolecular Hbond substituents is 1. The molecule has 2 aromatic carbocycles. The summed E-state index contributed by atoms with van der Waals surface area (Å²) in [6.45, 7) is 8.61. The van der Waals surface area contributed by atoms with E-state index >= 15 is 0 Å². The third-order valence-corrected chi connectivity index (χ3v) is 10.7. The van der Waals surface area contributed by atoms with Crippen molar-refractivity contribution >= 4 is 5.78 Å². The van der Waals surface area contributed by atoms with Gasteiger partial charge in [0.2, 0.25) is 0 Å². The van der Waals surface area contributed by atoms with Crippen LogP contribution < -0.4 is 14.2 Å². The Hall–Kier alpha value is -2.69. The largest absolute Gasteiger partial charge is 0.507 e. The van der Waals surface area contributed by atoms with Gasteiger partial charge in [-0.3, -0.25) is 4.79 Å². The molecule has 5 heteroatoms. The average Bonchev–Trinajstić information content (AvgIpc) is 3.18. The van der Waals surface area contributed by atoms with Crippen LogP contribution in [0.1, 0.15) is 229 Å². The van der Waals surface area contributed by atoms with Gasteiger partial charge in [-0.25, -0.2) is 0 Å². The van der Waals surface area contributed by atoms with Gasteiger partial charge in [0.25, 0.3) is 0 Å². The van der Waals surface area contributed by atoms with Crippen molar-refractivity contribution in [2.75, 3.05) is 19.8 Å². The molecule has 0 amide bonds. The second kappa shape index (κ2) is 33.6. The molecule has 0 bridgehead atoms. The molecule has 0 aliphatic rings. The Kier molecular flexibility index (Phi) is 29.6. The predicted molar refractivity (Wildman–Crippen MR) is 230 cm³/mol. The molecule has 0 heterocycles. The molecule has 0 unspecified atom stereocenters. The summed E-state index contributed by atoms with van der Waals surface area (Å²) in [5.74, 6) is 1.52. The summed E-state index contributed by atoms with van der Waals surface area (Å²) in [6, 6.07) is 10.5. The monoisotopic (exact) mass is 751 g/mol. The highest BCUT2D eigenvalue weighted by molar-refractivity contribution is 6.12. The molecule has 0 spiro atoms. The zero-order chi connectivity index (χ0) is 38.7. The maximum absolute atomic E-state index is 13.8. The molecular formula is C49H82O5.